The van der Waals surface area contributed by atoms with E-state index in [-0.39, 0.29) is 0 Å². The molecule has 5 heteroatoms. The van der Waals surface area contributed by atoms with Crippen LogP contribution in [0, 0.1) is 0 Å². The van der Waals surface area contributed by atoms with Crippen molar-refractivity contribution in [3.05, 3.63) is 24.4 Å². The van der Waals surface area contributed by atoms with Crippen molar-refractivity contribution in [2.45, 2.75) is 0 Å². The molecule has 0 amide bonds. The third kappa shape index (κ3) is 2.18. The number of anilines is 1. The SMILES string of the molecule is NC(N)=[N+]1CCN(c2cccc[nH+]2)CC1. The van der Waals surface area contributed by atoms with Crippen molar-refractivity contribution >= 4 is 11.8 Å². The first-order valence-corrected chi connectivity index (χ1v) is 5.12. The van der Waals surface area contributed by atoms with Gasteiger partial charge in [-0.1, -0.05) is 6.07 Å². The van der Waals surface area contributed by atoms with E-state index in [0.717, 1.165) is 32.0 Å². The predicted molar refractivity (Wildman–Crippen MR) is 58.6 cm³/mol. The second-order valence-electron chi connectivity index (χ2n) is 3.65. The third-order valence-corrected chi connectivity index (χ3v) is 2.68. The number of hydrogen-bond donors (Lipinski definition) is 2. The lowest BCUT2D eigenvalue weighted by Crippen LogP contribution is -2.49. The summed E-state index contributed by atoms with van der Waals surface area (Å²) in [6.45, 7) is 3.65. The normalized spacial score (nSPS) is 16.5. The zero-order chi connectivity index (χ0) is 10.7. The number of nitrogens with zero attached hydrogens (tertiary/aromatic N) is 2. The molecule has 1 fully saturated rings. The van der Waals surface area contributed by atoms with Gasteiger partial charge < -0.3 is 0 Å². The van der Waals surface area contributed by atoms with Gasteiger partial charge >= 0.3 is 5.96 Å². The summed E-state index contributed by atoms with van der Waals surface area (Å²) in [5.74, 6) is 1.57. The number of aromatic amines is 1. The van der Waals surface area contributed by atoms with Crippen molar-refractivity contribution in [2.24, 2.45) is 11.5 Å². The first-order chi connectivity index (χ1) is 7.27. The van der Waals surface area contributed by atoms with Crippen LogP contribution in [-0.2, 0) is 0 Å². The van der Waals surface area contributed by atoms with Gasteiger partial charge in [0, 0.05) is 6.07 Å². The Bertz CT molecular complexity index is 345. The highest BCUT2D eigenvalue weighted by molar-refractivity contribution is 5.70. The van der Waals surface area contributed by atoms with E-state index in [4.69, 9.17) is 11.5 Å². The van der Waals surface area contributed by atoms with Gasteiger partial charge in [0.15, 0.2) is 0 Å². The second kappa shape index (κ2) is 4.16. The molecule has 0 aliphatic carbocycles. The molecule has 1 aromatic rings. The molecule has 0 atom stereocenters. The van der Waals surface area contributed by atoms with E-state index in [9.17, 15) is 0 Å². The minimum absolute atomic E-state index is 0.423. The maximum Gasteiger partial charge on any atom is 0.341 e. The molecule has 0 radical (unpaired) electrons. The molecule has 5 nitrogen and oxygen atoms in total. The highest BCUT2D eigenvalue weighted by Crippen LogP contribution is 2.07. The highest BCUT2D eigenvalue weighted by atomic mass is 15.3. The number of nitrogens with two attached hydrogens (primary N) is 2. The van der Waals surface area contributed by atoms with E-state index in [0.29, 0.717) is 5.96 Å². The van der Waals surface area contributed by atoms with Crippen molar-refractivity contribution in [2.75, 3.05) is 31.1 Å². The summed E-state index contributed by atoms with van der Waals surface area (Å²) in [5, 5.41) is 0. The summed E-state index contributed by atoms with van der Waals surface area (Å²) in [6.07, 6.45) is 1.94. The zero-order valence-electron chi connectivity index (χ0n) is 8.69. The lowest BCUT2D eigenvalue weighted by Gasteiger charge is -2.22. The van der Waals surface area contributed by atoms with Crippen LogP contribution in [0.15, 0.2) is 24.4 Å². The Morgan fingerprint density at radius 3 is 2.53 bits per heavy atom. The van der Waals surface area contributed by atoms with Gasteiger partial charge in [-0.15, -0.1) is 0 Å². The number of piperazine rings is 1. The van der Waals surface area contributed by atoms with Crippen molar-refractivity contribution in [3.8, 4) is 0 Å². The number of aromatic nitrogens is 1. The van der Waals surface area contributed by atoms with Crippen LogP contribution in [0.1, 0.15) is 0 Å². The summed E-state index contributed by atoms with van der Waals surface area (Å²) >= 11 is 0. The molecule has 1 aliphatic heterocycles. The maximum atomic E-state index is 5.55. The Hall–Kier alpha value is -1.78. The first-order valence-electron chi connectivity index (χ1n) is 5.12. The van der Waals surface area contributed by atoms with Gasteiger partial charge in [0.1, 0.15) is 26.2 Å². The van der Waals surface area contributed by atoms with E-state index < -0.39 is 0 Å². The number of rotatable bonds is 1. The number of nitrogens with one attached hydrogen (secondary N) is 1. The van der Waals surface area contributed by atoms with E-state index in [2.05, 4.69) is 16.0 Å². The van der Waals surface area contributed by atoms with Gasteiger partial charge in [-0.25, -0.2) is 4.98 Å². The summed E-state index contributed by atoms with van der Waals surface area (Å²) in [5.41, 5.74) is 11.1. The van der Waals surface area contributed by atoms with Crippen LogP contribution in [0.5, 0.6) is 0 Å². The lowest BCUT2D eigenvalue weighted by molar-refractivity contribution is -0.532. The zero-order valence-corrected chi connectivity index (χ0v) is 8.69. The molecule has 0 unspecified atom stereocenters. The van der Waals surface area contributed by atoms with Crippen LogP contribution < -0.4 is 21.4 Å². The fourth-order valence-electron chi connectivity index (χ4n) is 1.79. The van der Waals surface area contributed by atoms with Gasteiger partial charge in [0.05, 0.1) is 6.20 Å². The van der Waals surface area contributed by atoms with E-state index in [1.807, 2.05) is 22.9 Å². The molecule has 2 heterocycles. The van der Waals surface area contributed by atoms with Crippen molar-refractivity contribution in [3.63, 3.8) is 0 Å². The van der Waals surface area contributed by atoms with Crippen LogP contribution in [0.3, 0.4) is 0 Å². The summed E-state index contributed by atoms with van der Waals surface area (Å²) in [7, 11) is 0. The molecule has 15 heavy (non-hydrogen) atoms. The molecule has 80 valence electrons. The van der Waals surface area contributed by atoms with Crippen LogP contribution in [0.4, 0.5) is 5.82 Å². The number of H-pyrrole nitrogens is 1. The molecule has 1 aliphatic rings. The molecule has 0 saturated carbocycles. The number of pyridine rings is 1. The fraction of sp³-hybridized carbons (Fsp3) is 0.400. The Morgan fingerprint density at radius 2 is 2.00 bits per heavy atom. The van der Waals surface area contributed by atoms with Crippen LogP contribution in [-0.4, -0.2) is 36.7 Å². The topological polar surface area (TPSA) is 72.4 Å². The second-order valence-corrected chi connectivity index (χ2v) is 3.65. The summed E-state index contributed by atoms with van der Waals surface area (Å²) < 4.78 is 2.00. The average Bonchev–Trinajstić information content (AvgIpc) is 2.30. The summed E-state index contributed by atoms with van der Waals surface area (Å²) in [4.78, 5) is 5.51. The molecule has 0 spiro atoms. The van der Waals surface area contributed by atoms with E-state index >= 15 is 0 Å². The third-order valence-electron chi connectivity index (χ3n) is 2.68. The van der Waals surface area contributed by atoms with Gasteiger partial charge in [-0.3, -0.25) is 20.9 Å². The van der Waals surface area contributed by atoms with Crippen molar-refractivity contribution in [1.82, 2.24) is 0 Å². The van der Waals surface area contributed by atoms with Crippen molar-refractivity contribution < 1.29 is 9.56 Å². The highest BCUT2D eigenvalue weighted by Gasteiger charge is 2.22. The van der Waals surface area contributed by atoms with Crippen molar-refractivity contribution in [1.29, 1.82) is 0 Å². The van der Waals surface area contributed by atoms with Crippen LogP contribution >= 0.6 is 0 Å². The molecule has 1 saturated heterocycles. The minimum Gasteiger partial charge on any atom is -0.291 e. The Kier molecular flexibility index (Phi) is 2.71. The number of guanidine groups is 1. The Labute approximate surface area is 89.0 Å². The van der Waals surface area contributed by atoms with Gasteiger partial charge in [-0.2, -0.15) is 0 Å². The van der Waals surface area contributed by atoms with Gasteiger partial charge in [0.25, 0.3) is 5.82 Å². The van der Waals surface area contributed by atoms with Gasteiger partial charge in [0.2, 0.25) is 0 Å². The molecule has 0 bridgehead atoms. The monoisotopic (exact) mass is 207 g/mol. The minimum atomic E-state index is 0.423. The van der Waals surface area contributed by atoms with E-state index in [1.54, 1.807) is 0 Å². The number of hydrogen-bond acceptors (Lipinski definition) is 1. The summed E-state index contributed by atoms with van der Waals surface area (Å²) in [6, 6.07) is 6.08. The molecule has 5 N–H and O–H groups in total. The molecule has 2 rings (SSSR count). The average molecular weight is 207 g/mol. The smallest absolute Gasteiger partial charge is 0.291 e. The maximum absolute atomic E-state index is 5.55. The Morgan fingerprint density at radius 1 is 1.27 bits per heavy atom. The van der Waals surface area contributed by atoms with Crippen LogP contribution in [0.25, 0.3) is 0 Å². The largest absolute Gasteiger partial charge is 0.341 e. The van der Waals surface area contributed by atoms with E-state index in [1.165, 1.54) is 0 Å². The molecule has 0 aromatic carbocycles. The standard InChI is InChI=1S/C10H15N5/c11-10(12)15-7-5-14(6-8-15)9-3-1-2-4-13-9/h1-4H,5-8H2,(H3,11,12)/p+2. The van der Waals surface area contributed by atoms with Crippen LogP contribution in [0.2, 0.25) is 0 Å². The molecular weight excluding hydrogens is 190 g/mol. The molecular formula is C10H17N5+2. The lowest BCUT2D eigenvalue weighted by atomic mass is 10.3. The first kappa shape index (κ1) is 9.76. The Balaban J connectivity index is 2.03. The fourth-order valence-corrected chi connectivity index (χ4v) is 1.79. The quantitative estimate of drug-likeness (QED) is 0.440. The predicted octanol–water partition coefficient (Wildman–Crippen LogP) is -1.39. The molecule has 1 aromatic heterocycles. The van der Waals surface area contributed by atoms with Gasteiger partial charge in [-0.05, 0) is 6.07 Å².